The van der Waals surface area contributed by atoms with Crippen LogP contribution in [0.1, 0.15) is 18.6 Å². The van der Waals surface area contributed by atoms with Crippen molar-refractivity contribution in [1.29, 1.82) is 0 Å². The van der Waals surface area contributed by atoms with Gasteiger partial charge in [-0.15, -0.1) is 0 Å². The van der Waals surface area contributed by atoms with Crippen molar-refractivity contribution in [2.24, 2.45) is 17.9 Å². The molecule has 0 saturated heterocycles. The number of H-pyrrole nitrogens is 1. The number of aromatic nitrogens is 8. The highest BCUT2D eigenvalue weighted by Crippen LogP contribution is 1.93. The van der Waals surface area contributed by atoms with Crippen LogP contribution in [0.3, 0.4) is 0 Å². The third kappa shape index (κ3) is 9.54. The van der Waals surface area contributed by atoms with Crippen LogP contribution in [-0.4, -0.2) is 53.6 Å². The molecule has 0 unspecified atom stereocenters. The van der Waals surface area contributed by atoms with Crippen LogP contribution in [0, 0.1) is 13.8 Å². The van der Waals surface area contributed by atoms with E-state index in [0.717, 1.165) is 28.9 Å². The minimum atomic E-state index is -0.0856. The van der Waals surface area contributed by atoms with Gasteiger partial charge in [0.15, 0.2) is 5.11 Å². The molecule has 0 bridgehead atoms. The van der Waals surface area contributed by atoms with Gasteiger partial charge in [-0.3, -0.25) is 28.3 Å². The van der Waals surface area contributed by atoms with Gasteiger partial charge in [-0.05, 0) is 33.0 Å². The fraction of sp³-hybridized carbons (Fsp3) is 0.250. The predicted molar refractivity (Wildman–Crippen MR) is 126 cm³/mol. The lowest BCUT2D eigenvalue weighted by Gasteiger charge is -2.02. The lowest BCUT2D eigenvalue weighted by atomic mass is 10.7. The summed E-state index contributed by atoms with van der Waals surface area (Å²) in [6, 6.07) is 0. The van der Waals surface area contributed by atoms with Gasteiger partial charge in [-0.2, -0.15) is 8.75 Å². The zero-order valence-corrected chi connectivity index (χ0v) is 20.1. The van der Waals surface area contributed by atoms with Crippen molar-refractivity contribution in [1.82, 2.24) is 37.4 Å². The number of hydrogen-bond acceptors (Lipinski definition) is 11. The molecule has 0 aliphatic carbocycles. The predicted octanol–water partition coefficient (Wildman–Crippen LogP) is 0.804. The summed E-state index contributed by atoms with van der Waals surface area (Å²) in [6.07, 6.45) is 10.3. The molecule has 4 aromatic heterocycles. The van der Waals surface area contributed by atoms with Gasteiger partial charge in [0.2, 0.25) is 0 Å². The molecule has 172 valence electrons. The van der Waals surface area contributed by atoms with Crippen molar-refractivity contribution >= 4 is 46.2 Å². The van der Waals surface area contributed by atoms with Crippen molar-refractivity contribution in [3.8, 4) is 0 Å². The van der Waals surface area contributed by atoms with Gasteiger partial charge in [-0.1, -0.05) is 5.16 Å². The molecule has 0 aliphatic rings. The van der Waals surface area contributed by atoms with Crippen molar-refractivity contribution in [3.63, 3.8) is 0 Å². The van der Waals surface area contributed by atoms with Gasteiger partial charge in [0.05, 0.1) is 0 Å². The molecule has 13 nitrogen and oxygen atoms in total. The van der Waals surface area contributed by atoms with Crippen LogP contribution in [0.15, 0.2) is 52.2 Å². The maximum absolute atomic E-state index is 10.6. The molecule has 4 N–H and O–H groups in total. The number of hydrogen-bond donors (Lipinski definition) is 3. The number of thiocarbonyl (C=S) groups is 1. The molecular weight excluding hydrogens is 476 g/mol. The zero-order valence-electron chi connectivity index (χ0n) is 17.6. The number of rotatable bonds is 0. The van der Waals surface area contributed by atoms with E-state index < -0.39 is 0 Å². The Hall–Kier alpha value is -3.50. The molecule has 0 saturated carbocycles. The highest BCUT2D eigenvalue weighted by Gasteiger charge is 1.99. The number of aromatic amines is 1. The Labute approximate surface area is 195 Å². The first kappa shape index (κ1) is 26.5. The second kappa shape index (κ2) is 13.7. The number of oxime groups is 1. The SMILES string of the molecule is CC(N)=NO.Cc1nsc(=O)[nH]1.Cc1nsc(=O)n1C.S=C(n1ccnc1)n1ccnc1. The normalized spacial score (nSPS) is 10.1. The summed E-state index contributed by atoms with van der Waals surface area (Å²) < 4.78 is 12.5. The van der Waals surface area contributed by atoms with Crippen molar-refractivity contribution in [3.05, 3.63) is 68.4 Å². The monoisotopic (exact) mass is 498 g/mol. The van der Waals surface area contributed by atoms with E-state index in [4.69, 9.17) is 23.2 Å². The molecule has 0 aromatic carbocycles. The third-order valence-electron chi connectivity index (χ3n) is 3.17. The Bertz CT molecular complexity index is 1160. The molecule has 4 rings (SSSR count). The van der Waals surface area contributed by atoms with E-state index in [1.54, 1.807) is 67.5 Å². The van der Waals surface area contributed by atoms with E-state index in [2.05, 4.69) is 28.9 Å². The van der Waals surface area contributed by atoms with E-state index in [1.807, 2.05) is 0 Å². The van der Waals surface area contributed by atoms with Crippen molar-refractivity contribution < 1.29 is 5.21 Å². The number of aryl methyl sites for hydroxylation is 2. The van der Waals surface area contributed by atoms with Gasteiger partial charge in [0.1, 0.15) is 30.1 Å². The summed E-state index contributed by atoms with van der Waals surface area (Å²) in [5.74, 6) is 1.65. The Morgan fingerprint density at radius 3 is 1.84 bits per heavy atom. The minimum Gasteiger partial charge on any atom is -0.409 e. The summed E-state index contributed by atoms with van der Waals surface area (Å²) in [5.41, 5.74) is 4.79. The molecule has 0 amide bonds. The minimum absolute atomic E-state index is 0.00231. The second-order valence-electron chi connectivity index (χ2n) is 5.70. The number of nitrogens with one attached hydrogen (secondary N) is 1. The first-order valence-electron chi connectivity index (χ1n) is 8.62. The highest BCUT2D eigenvalue weighted by molar-refractivity contribution is 7.80. The maximum atomic E-state index is 10.6. The summed E-state index contributed by atoms with van der Waals surface area (Å²) in [5, 5.41) is 10.8. The van der Waals surface area contributed by atoms with Crippen LogP contribution in [0.25, 0.3) is 0 Å². The number of nitrogens with zero attached hydrogens (tertiary/aromatic N) is 8. The van der Waals surface area contributed by atoms with Crippen molar-refractivity contribution in [2.45, 2.75) is 20.8 Å². The standard InChI is InChI=1S/C7H6N4S.C4H6N2OS.C3H4N2OS.C2H6N2O/c12-7(10-3-1-8-5-10)11-4-2-9-6-11;1-3-5-8-4(7)6(3)2;1-2-4-3(6)7-5-2;1-2(3)4-5/h1-6H;1-2H3;1H3,(H,4,5,6);5H,1H3,(H2,3,4). The Kier molecular flexibility index (Phi) is 11.4. The van der Waals surface area contributed by atoms with Crippen LogP contribution >= 0.6 is 35.3 Å². The van der Waals surface area contributed by atoms with Crippen LogP contribution < -0.4 is 15.5 Å². The Balaban J connectivity index is 0.000000226. The van der Waals surface area contributed by atoms with Crippen molar-refractivity contribution in [2.75, 3.05) is 0 Å². The molecule has 4 heterocycles. The number of nitrogens with two attached hydrogens (primary N) is 1. The quantitative estimate of drug-likeness (QED) is 0.104. The van der Waals surface area contributed by atoms with Gasteiger partial charge >= 0.3 is 9.75 Å². The molecular formula is C16H22N10O3S3. The van der Waals surface area contributed by atoms with E-state index in [1.165, 1.54) is 11.5 Å². The van der Waals surface area contributed by atoms with Crippen LogP contribution in [0.2, 0.25) is 0 Å². The van der Waals surface area contributed by atoms with E-state index >= 15 is 0 Å². The second-order valence-corrected chi connectivity index (χ2v) is 7.51. The summed E-state index contributed by atoms with van der Waals surface area (Å²) >= 11 is 7.07. The first-order chi connectivity index (χ1) is 15.1. The van der Waals surface area contributed by atoms with E-state index in [0.29, 0.717) is 10.9 Å². The van der Waals surface area contributed by atoms with Crippen LogP contribution in [0.4, 0.5) is 0 Å². The summed E-state index contributed by atoms with van der Waals surface area (Å²) in [7, 11) is 1.71. The largest absolute Gasteiger partial charge is 0.409 e. The topological polar surface area (TPSA) is 175 Å². The van der Waals surface area contributed by atoms with Gasteiger partial charge in [0, 0.05) is 54.9 Å². The molecule has 32 heavy (non-hydrogen) atoms. The molecule has 0 radical (unpaired) electrons. The third-order valence-corrected chi connectivity index (χ3v) is 5.01. The molecule has 4 aromatic rings. The van der Waals surface area contributed by atoms with E-state index in [9.17, 15) is 9.59 Å². The average molecular weight is 499 g/mol. The zero-order chi connectivity index (χ0) is 24.1. The average Bonchev–Trinajstić information content (AvgIpc) is 3.57. The number of imidazole rings is 2. The molecule has 0 fully saturated rings. The van der Waals surface area contributed by atoms with Gasteiger partial charge in [-0.25, -0.2) is 9.97 Å². The lowest BCUT2D eigenvalue weighted by Crippen LogP contribution is -2.15. The lowest BCUT2D eigenvalue weighted by molar-refractivity contribution is 0.318. The maximum Gasteiger partial charge on any atom is 0.325 e. The number of amidine groups is 1. The molecule has 16 heteroatoms. The van der Waals surface area contributed by atoms with Crippen LogP contribution in [0.5, 0.6) is 0 Å². The highest BCUT2D eigenvalue weighted by atomic mass is 32.1. The molecule has 0 spiro atoms. The van der Waals surface area contributed by atoms with Gasteiger partial charge in [0.25, 0.3) is 0 Å². The smallest absolute Gasteiger partial charge is 0.325 e. The Morgan fingerprint density at radius 1 is 1.12 bits per heavy atom. The summed E-state index contributed by atoms with van der Waals surface area (Å²) in [4.78, 5) is 30.9. The fourth-order valence-corrected chi connectivity index (χ4v) is 2.80. The van der Waals surface area contributed by atoms with E-state index in [-0.39, 0.29) is 15.6 Å². The summed E-state index contributed by atoms with van der Waals surface area (Å²) in [6.45, 7) is 5.05. The van der Waals surface area contributed by atoms with Crippen LogP contribution in [-0.2, 0) is 7.05 Å². The van der Waals surface area contributed by atoms with Gasteiger partial charge < -0.3 is 10.9 Å². The molecule has 0 aliphatic heterocycles. The molecule has 0 atom stereocenters. The first-order valence-corrected chi connectivity index (χ1v) is 10.6. The fourth-order valence-electron chi connectivity index (χ4n) is 1.54. The Morgan fingerprint density at radius 2 is 1.66 bits per heavy atom.